The van der Waals surface area contributed by atoms with Crippen LogP contribution in [-0.2, 0) is 4.79 Å². The lowest BCUT2D eigenvalue weighted by Gasteiger charge is -2.25. The fraction of sp³-hybridized carbons (Fsp3) is 0.462. The van der Waals surface area contributed by atoms with Crippen molar-refractivity contribution in [1.29, 1.82) is 0 Å². The van der Waals surface area contributed by atoms with Gasteiger partial charge in [-0.15, -0.1) is 0 Å². The van der Waals surface area contributed by atoms with E-state index in [1.165, 1.54) is 0 Å². The highest BCUT2D eigenvalue weighted by Crippen LogP contribution is 2.26. The molecule has 0 bridgehead atoms. The Morgan fingerprint density at radius 3 is 2.71 bits per heavy atom. The number of nitrogens with two attached hydrogens (primary N) is 1. The van der Waals surface area contributed by atoms with Crippen molar-refractivity contribution in [2.75, 3.05) is 31.3 Å². The summed E-state index contributed by atoms with van der Waals surface area (Å²) in [4.78, 5) is 13.5. The van der Waals surface area contributed by atoms with E-state index in [0.29, 0.717) is 6.54 Å². The van der Waals surface area contributed by atoms with Gasteiger partial charge in [-0.05, 0) is 18.6 Å². The maximum Gasteiger partial charge on any atom is 0.224 e. The topological polar surface area (TPSA) is 58.4 Å². The van der Waals surface area contributed by atoms with Gasteiger partial charge in [0.25, 0.3) is 0 Å². The van der Waals surface area contributed by atoms with E-state index in [9.17, 15) is 4.79 Å². The van der Waals surface area contributed by atoms with Crippen molar-refractivity contribution in [3.05, 3.63) is 23.8 Å². The predicted octanol–water partition coefficient (Wildman–Crippen LogP) is 1.40. The molecule has 0 aliphatic carbocycles. The van der Waals surface area contributed by atoms with Crippen LogP contribution in [-0.4, -0.2) is 26.5 Å². The summed E-state index contributed by atoms with van der Waals surface area (Å²) in [5.74, 6) is -0.0204. The van der Waals surface area contributed by atoms with E-state index in [1.807, 2.05) is 44.0 Å². The minimum absolute atomic E-state index is 0.0454. The number of nitrogens with zero attached hydrogens (tertiary/aromatic N) is 1. The van der Waals surface area contributed by atoms with Crippen molar-refractivity contribution < 1.29 is 4.79 Å². The molecular formula is C13H21N3O. The minimum atomic E-state index is -0.0657. The molecule has 1 amide bonds. The largest absolute Gasteiger partial charge is 0.397 e. The van der Waals surface area contributed by atoms with Crippen molar-refractivity contribution in [2.45, 2.75) is 13.8 Å². The van der Waals surface area contributed by atoms with Crippen LogP contribution in [0.5, 0.6) is 0 Å². The lowest BCUT2D eigenvalue weighted by Crippen LogP contribution is -2.34. The SMILES string of the molecule is CNC(=O)C(C)CN(C)c1c(C)cccc1N. The summed E-state index contributed by atoms with van der Waals surface area (Å²) >= 11 is 0. The molecule has 0 saturated carbocycles. The van der Waals surface area contributed by atoms with Gasteiger partial charge in [0.2, 0.25) is 5.91 Å². The third kappa shape index (κ3) is 3.12. The van der Waals surface area contributed by atoms with Crippen molar-refractivity contribution >= 4 is 17.3 Å². The van der Waals surface area contributed by atoms with E-state index >= 15 is 0 Å². The molecule has 94 valence electrons. The molecule has 17 heavy (non-hydrogen) atoms. The number of nitrogen functional groups attached to an aromatic ring is 1. The zero-order valence-electron chi connectivity index (χ0n) is 10.9. The van der Waals surface area contributed by atoms with Gasteiger partial charge in [0.05, 0.1) is 17.3 Å². The third-order valence-corrected chi connectivity index (χ3v) is 2.89. The van der Waals surface area contributed by atoms with E-state index in [4.69, 9.17) is 5.73 Å². The monoisotopic (exact) mass is 235 g/mol. The highest BCUT2D eigenvalue weighted by atomic mass is 16.1. The smallest absolute Gasteiger partial charge is 0.224 e. The average Bonchev–Trinajstić information content (AvgIpc) is 2.27. The number of nitrogens with one attached hydrogen (secondary N) is 1. The van der Waals surface area contributed by atoms with Gasteiger partial charge >= 0.3 is 0 Å². The van der Waals surface area contributed by atoms with Crippen LogP contribution in [0.15, 0.2) is 18.2 Å². The van der Waals surface area contributed by atoms with Crippen LogP contribution in [0.3, 0.4) is 0 Å². The molecule has 0 radical (unpaired) electrons. The Bertz CT molecular complexity index is 383. The van der Waals surface area contributed by atoms with Crippen LogP contribution in [0.1, 0.15) is 12.5 Å². The number of para-hydroxylation sites is 1. The fourth-order valence-corrected chi connectivity index (χ4v) is 2.03. The Morgan fingerprint density at radius 1 is 1.53 bits per heavy atom. The lowest BCUT2D eigenvalue weighted by molar-refractivity contribution is -0.123. The summed E-state index contributed by atoms with van der Waals surface area (Å²) in [5, 5.41) is 2.65. The zero-order chi connectivity index (χ0) is 13.0. The van der Waals surface area contributed by atoms with Crippen LogP contribution in [0.25, 0.3) is 0 Å². The quantitative estimate of drug-likeness (QED) is 0.775. The molecule has 1 rings (SSSR count). The van der Waals surface area contributed by atoms with Crippen LogP contribution in [0.4, 0.5) is 11.4 Å². The van der Waals surface area contributed by atoms with Gasteiger partial charge in [0.15, 0.2) is 0 Å². The summed E-state index contributed by atoms with van der Waals surface area (Å²) in [6, 6.07) is 5.83. The second-order valence-electron chi connectivity index (χ2n) is 4.41. The molecule has 0 saturated heterocycles. The van der Waals surface area contributed by atoms with Gasteiger partial charge in [-0.3, -0.25) is 4.79 Å². The maximum atomic E-state index is 11.5. The maximum absolute atomic E-state index is 11.5. The summed E-state index contributed by atoms with van der Waals surface area (Å²) in [7, 11) is 3.61. The first kappa shape index (κ1) is 13.4. The Balaban J connectivity index is 2.83. The van der Waals surface area contributed by atoms with Crippen LogP contribution < -0.4 is 16.0 Å². The highest BCUT2D eigenvalue weighted by molar-refractivity contribution is 5.79. The Morgan fingerprint density at radius 2 is 2.18 bits per heavy atom. The average molecular weight is 235 g/mol. The first-order chi connectivity index (χ1) is 7.97. The molecule has 3 N–H and O–H groups in total. The highest BCUT2D eigenvalue weighted by Gasteiger charge is 2.16. The number of hydrogen-bond acceptors (Lipinski definition) is 3. The van der Waals surface area contributed by atoms with Gasteiger partial charge in [0, 0.05) is 20.6 Å². The minimum Gasteiger partial charge on any atom is -0.397 e. The van der Waals surface area contributed by atoms with Crippen molar-refractivity contribution in [1.82, 2.24) is 5.32 Å². The normalized spacial score (nSPS) is 12.0. The van der Waals surface area contributed by atoms with E-state index < -0.39 is 0 Å². The predicted molar refractivity (Wildman–Crippen MR) is 72.1 cm³/mol. The lowest BCUT2D eigenvalue weighted by atomic mass is 10.1. The standard InChI is InChI=1S/C13H21N3O/c1-9-6-5-7-11(14)12(9)16(4)8-10(2)13(17)15-3/h5-7,10H,8,14H2,1-4H3,(H,15,17). The number of hydrogen-bond donors (Lipinski definition) is 2. The number of aryl methyl sites for hydroxylation is 1. The second kappa shape index (κ2) is 5.57. The number of amides is 1. The number of carbonyl (C=O) groups excluding carboxylic acids is 1. The molecule has 4 heteroatoms. The van der Waals surface area contributed by atoms with Crippen molar-refractivity contribution in [3.8, 4) is 0 Å². The molecule has 0 aliphatic rings. The van der Waals surface area contributed by atoms with Crippen LogP contribution in [0.2, 0.25) is 0 Å². The molecular weight excluding hydrogens is 214 g/mol. The number of benzene rings is 1. The molecule has 0 spiro atoms. The molecule has 1 atom stereocenters. The van der Waals surface area contributed by atoms with Crippen molar-refractivity contribution in [3.63, 3.8) is 0 Å². The first-order valence-electron chi connectivity index (χ1n) is 5.75. The molecule has 0 aromatic heterocycles. The summed E-state index contributed by atoms with van der Waals surface area (Å²) in [5.41, 5.74) is 8.84. The Hall–Kier alpha value is -1.71. The Labute approximate surface area is 103 Å². The Kier molecular flexibility index (Phi) is 4.37. The van der Waals surface area contributed by atoms with Gasteiger partial charge in [-0.25, -0.2) is 0 Å². The summed E-state index contributed by atoms with van der Waals surface area (Å²) < 4.78 is 0. The molecule has 0 heterocycles. The molecule has 4 nitrogen and oxygen atoms in total. The van der Waals surface area contributed by atoms with Gasteiger partial charge < -0.3 is 16.0 Å². The number of carbonyl (C=O) groups is 1. The van der Waals surface area contributed by atoms with Gasteiger partial charge in [-0.1, -0.05) is 19.1 Å². The first-order valence-corrected chi connectivity index (χ1v) is 5.75. The number of anilines is 2. The molecule has 1 aromatic rings. The molecule has 1 aromatic carbocycles. The van der Waals surface area contributed by atoms with Gasteiger partial charge in [-0.2, -0.15) is 0 Å². The number of rotatable bonds is 4. The second-order valence-corrected chi connectivity index (χ2v) is 4.41. The van der Waals surface area contributed by atoms with E-state index in [0.717, 1.165) is 16.9 Å². The molecule has 0 aliphatic heterocycles. The molecule has 1 unspecified atom stereocenters. The zero-order valence-corrected chi connectivity index (χ0v) is 10.9. The summed E-state index contributed by atoms with van der Waals surface area (Å²) in [6.07, 6.45) is 0. The van der Waals surface area contributed by atoms with Crippen LogP contribution in [0, 0.1) is 12.8 Å². The van der Waals surface area contributed by atoms with Crippen LogP contribution >= 0.6 is 0 Å². The molecule has 0 fully saturated rings. The van der Waals surface area contributed by atoms with Crippen molar-refractivity contribution in [2.24, 2.45) is 5.92 Å². The summed E-state index contributed by atoms with van der Waals surface area (Å²) in [6.45, 7) is 4.57. The van der Waals surface area contributed by atoms with E-state index in [2.05, 4.69) is 5.32 Å². The third-order valence-electron chi connectivity index (χ3n) is 2.89. The van der Waals surface area contributed by atoms with Gasteiger partial charge in [0.1, 0.15) is 0 Å². The van der Waals surface area contributed by atoms with E-state index in [-0.39, 0.29) is 11.8 Å². The van der Waals surface area contributed by atoms with E-state index in [1.54, 1.807) is 7.05 Å². The fourth-order valence-electron chi connectivity index (χ4n) is 2.03.